The van der Waals surface area contributed by atoms with Gasteiger partial charge in [-0.2, -0.15) is 0 Å². The van der Waals surface area contributed by atoms with Crippen LogP contribution in [0.1, 0.15) is 18.2 Å². The van der Waals surface area contributed by atoms with Crippen molar-refractivity contribution in [3.05, 3.63) is 78.1 Å². The molecule has 0 unspecified atom stereocenters. The van der Waals surface area contributed by atoms with E-state index in [4.69, 9.17) is 0 Å². The van der Waals surface area contributed by atoms with Crippen LogP contribution in [0.3, 0.4) is 0 Å². The van der Waals surface area contributed by atoms with E-state index in [1.807, 2.05) is 67.6 Å². The van der Waals surface area contributed by atoms with E-state index in [1.165, 1.54) is 0 Å². The number of carbonyl (C=O) groups is 1. The largest absolute Gasteiger partial charge is 0.309 e. The third kappa shape index (κ3) is 3.84. The third-order valence-corrected chi connectivity index (χ3v) is 3.71. The molecule has 4 nitrogen and oxygen atoms in total. The number of rotatable bonds is 5. The lowest BCUT2D eigenvalue weighted by Gasteiger charge is -2.10. The molecule has 0 saturated heterocycles. The Bertz CT molecular complexity index is 817. The van der Waals surface area contributed by atoms with Gasteiger partial charge in [-0.3, -0.25) is 4.79 Å². The summed E-state index contributed by atoms with van der Waals surface area (Å²) in [7, 11) is 0. The second-order valence-corrected chi connectivity index (χ2v) is 5.48. The minimum absolute atomic E-state index is 0.0855. The zero-order valence-electron chi connectivity index (χ0n) is 13.6. The highest BCUT2D eigenvalue weighted by molar-refractivity contribution is 5.91. The van der Waals surface area contributed by atoms with Gasteiger partial charge in [0.25, 0.3) is 0 Å². The molecule has 0 saturated carbocycles. The molecule has 1 aromatic heterocycles. The van der Waals surface area contributed by atoms with Crippen molar-refractivity contribution in [3.63, 3.8) is 0 Å². The molecule has 1 N–H and O–H groups in total. The molecule has 2 aromatic carbocycles. The molecular weight excluding hydrogens is 298 g/mol. The molecular formula is C20H19N3O. The van der Waals surface area contributed by atoms with E-state index in [0.29, 0.717) is 18.7 Å². The summed E-state index contributed by atoms with van der Waals surface area (Å²) in [5.41, 5.74) is 3.59. The van der Waals surface area contributed by atoms with Crippen LogP contribution in [-0.4, -0.2) is 15.9 Å². The number of amides is 1. The van der Waals surface area contributed by atoms with Gasteiger partial charge in [-0.1, -0.05) is 67.6 Å². The van der Waals surface area contributed by atoms with Crippen LogP contribution in [0.5, 0.6) is 0 Å². The van der Waals surface area contributed by atoms with Gasteiger partial charge < -0.3 is 5.32 Å². The molecule has 24 heavy (non-hydrogen) atoms. The van der Waals surface area contributed by atoms with Gasteiger partial charge in [0.05, 0.1) is 24.0 Å². The second-order valence-electron chi connectivity index (χ2n) is 5.48. The molecule has 1 amide bonds. The molecule has 120 valence electrons. The van der Waals surface area contributed by atoms with Gasteiger partial charge in [0.15, 0.2) is 5.82 Å². The zero-order chi connectivity index (χ0) is 16.8. The molecule has 3 rings (SSSR count). The van der Waals surface area contributed by atoms with Crippen molar-refractivity contribution >= 4 is 11.7 Å². The van der Waals surface area contributed by atoms with E-state index in [-0.39, 0.29) is 5.91 Å². The van der Waals surface area contributed by atoms with E-state index in [0.717, 1.165) is 22.5 Å². The highest BCUT2D eigenvalue weighted by Crippen LogP contribution is 2.19. The lowest BCUT2D eigenvalue weighted by molar-refractivity contribution is -0.115. The van der Waals surface area contributed by atoms with Crippen molar-refractivity contribution in [1.29, 1.82) is 0 Å². The average molecular weight is 317 g/mol. The first-order chi connectivity index (χ1) is 11.8. The van der Waals surface area contributed by atoms with Crippen LogP contribution in [0.4, 0.5) is 5.82 Å². The van der Waals surface area contributed by atoms with Crippen molar-refractivity contribution in [2.75, 3.05) is 5.32 Å². The van der Waals surface area contributed by atoms with Gasteiger partial charge in [0, 0.05) is 5.56 Å². The van der Waals surface area contributed by atoms with Gasteiger partial charge in [0.2, 0.25) is 5.91 Å². The van der Waals surface area contributed by atoms with Crippen LogP contribution in [0, 0.1) is 0 Å². The van der Waals surface area contributed by atoms with Crippen LogP contribution in [0.25, 0.3) is 11.3 Å². The Labute approximate surface area is 141 Å². The maximum atomic E-state index is 12.2. The van der Waals surface area contributed by atoms with Gasteiger partial charge in [0.1, 0.15) is 0 Å². The Kier molecular flexibility index (Phi) is 4.96. The first-order valence-corrected chi connectivity index (χ1v) is 8.01. The maximum Gasteiger partial charge on any atom is 0.229 e. The van der Waals surface area contributed by atoms with Crippen molar-refractivity contribution in [2.45, 2.75) is 19.8 Å². The standard InChI is InChI=1S/C20H19N3O/c1-2-17-20(23-19(24)13-15-9-5-3-6-10-15)21-14-18(22-17)16-11-7-4-8-12-16/h3-12,14H,2,13H2,1H3,(H,21,23,24). The summed E-state index contributed by atoms with van der Waals surface area (Å²) in [5, 5.41) is 2.88. The molecule has 0 aliphatic heterocycles. The van der Waals surface area contributed by atoms with Crippen molar-refractivity contribution in [1.82, 2.24) is 9.97 Å². The van der Waals surface area contributed by atoms with Crippen molar-refractivity contribution < 1.29 is 4.79 Å². The third-order valence-electron chi connectivity index (χ3n) is 3.71. The lowest BCUT2D eigenvalue weighted by atomic mass is 10.1. The van der Waals surface area contributed by atoms with Crippen LogP contribution in [0.15, 0.2) is 66.9 Å². The summed E-state index contributed by atoms with van der Waals surface area (Å²) in [4.78, 5) is 21.3. The van der Waals surface area contributed by atoms with E-state index in [2.05, 4.69) is 15.3 Å². The van der Waals surface area contributed by atoms with Gasteiger partial charge in [-0.25, -0.2) is 9.97 Å². The molecule has 0 bridgehead atoms. The minimum atomic E-state index is -0.0855. The summed E-state index contributed by atoms with van der Waals surface area (Å²) < 4.78 is 0. The monoisotopic (exact) mass is 317 g/mol. The summed E-state index contributed by atoms with van der Waals surface area (Å²) >= 11 is 0. The summed E-state index contributed by atoms with van der Waals surface area (Å²) in [6.45, 7) is 2.01. The number of hydrogen-bond donors (Lipinski definition) is 1. The molecule has 1 heterocycles. The Balaban J connectivity index is 1.77. The number of anilines is 1. The first-order valence-electron chi connectivity index (χ1n) is 8.01. The predicted octanol–water partition coefficient (Wildman–Crippen LogP) is 3.89. The van der Waals surface area contributed by atoms with Crippen LogP contribution in [-0.2, 0) is 17.6 Å². The van der Waals surface area contributed by atoms with Gasteiger partial charge >= 0.3 is 0 Å². The van der Waals surface area contributed by atoms with Gasteiger partial charge in [-0.15, -0.1) is 0 Å². The summed E-state index contributed by atoms with van der Waals surface area (Å²) in [5.74, 6) is 0.454. The van der Waals surface area contributed by atoms with Crippen LogP contribution < -0.4 is 5.32 Å². The average Bonchev–Trinajstić information content (AvgIpc) is 2.63. The van der Waals surface area contributed by atoms with E-state index < -0.39 is 0 Å². The highest BCUT2D eigenvalue weighted by Gasteiger charge is 2.11. The molecule has 0 atom stereocenters. The molecule has 0 radical (unpaired) electrons. The number of nitrogens with zero attached hydrogens (tertiary/aromatic N) is 2. The predicted molar refractivity (Wildman–Crippen MR) is 95.6 cm³/mol. The SMILES string of the molecule is CCc1nc(-c2ccccc2)cnc1NC(=O)Cc1ccccc1. The highest BCUT2D eigenvalue weighted by atomic mass is 16.1. The molecule has 0 fully saturated rings. The number of nitrogens with one attached hydrogen (secondary N) is 1. The van der Waals surface area contributed by atoms with Crippen molar-refractivity contribution in [2.24, 2.45) is 0 Å². The van der Waals surface area contributed by atoms with Gasteiger partial charge in [-0.05, 0) is 12.0 Å². The second kappa shape index (κ2) is 7.51. The summed E-state index contributed by atoms with van der Waals surface area (Å²) in [6, 6.07) is 19.6. The fraction of sp³-hybridized carbons (Fsp3) is 0.150. The Hall–Kier alpha value is -3.01. The fourth-order valence-electron chi connectivity index (χ4n) is 2.48. The quantitative estimate of drug-likeness (QED) is 0.777. The molecule has 0 aliphatic rings. The number of carbonyl (C=O) groups excluding carboxylic acids is 1. The van der Waals surface area contributed by atoms with Crippen LogP contribution in [0.2, 0.25) is 0 Å². The first kappa shape index (κ1) is 15.9. The number of aryl methyl sites for hydroxylation is 1. The van der Waals surface area contributed by atoms with Crippen molar-refractivity contribution in [3.8, 4) is 11.3 Å². The smallest absolute Gasteiger partial charge is 0.229 e. The number of hydrogen-bond acceptors (Lipinski definition) is 3. The molecule has 4 heteroatoms. The Morgan fingerprint density at radius 2 is 1.67 bits per heavy atom. The van der Waals surface area contributed by atoms with Crippen LogP contribution >= 0.6 is 0 Å². The summed E-state index contributed by atoms with van der Waals surface area (Å²) in [6.07, 6.45) is 2.73. The van der Waals surface area contributed by atoms with E-state index in [1.54, 1.807) is 6.20 Å². The number of aromatic nitrogens is 2. The maximum absolute atomic E-state index is 12.2. The fourth-order valence-corrected chi connectivity index (χ4v) is 2.48. The number of benzene rings is 2. The minimum Gasteiger partial charge on any atom is -0.309 e. The molecule has 0 aliphatic carbocycles. The Morgan fingerprint density at radius 3 is 2.33 bits per heavy atom. The molecule has 3 aromatic rings. The molecule has 0 spiro atoms. The van der Waals surface area contributed by atoms with E-state index >= 15 is 0 Å². The Morgan fingerprint density at radius 1 is 1.00 bits per heavy atom. The zero-order valence-corrected chi connectivity index (χ0v) is 13.6. The van der Waals surface area contributed by atoms with E-state index in [9.17, 15) is 4.79 Å². The topological polar surface area (TPSA) is 54.9 Å². The lowest BCUT2D eigenvalue weighted by Crippen LogP contribution is -2.17. The normalized spacial score (nSPS) is 10.4.